The Morgan fingerprint density at radius 2 is 2.15 bits per heavy atom. The number of hydrogen-bond donors (Lipinski definition) is 2. The second kappa shape index (κ2) is 8.14. The monoisotopic (exact) mass is 377 g/mol. The molecule has 0 bridgehead atoms. The maximum absolute atomic E-state index is 13.8. The van der Waals surface area contributed by atoms with E-state index >= 15 is 0 Å². The molecule has 2 N–H and O–H groups in total. The van der Waals surface area contributed by atoms with E-state index in [0.717, 1.165) is 35.8 Å². The van der Waals surface area contributed by atoms with Crippen molar-refractivity contribution in [2.24, 2.45) is 0 Å². The third kappa shape index (κ3) is 4.04. The Kier molecular flexibility index (Phi) is 5.88. The number of nitrogens with zero attached hydrogens (tertiary/aromatic N) is 1. The van der Waals surface area contributed by atoms with Crippen LogP contribution in [0.4, 0.5) is 9.52 Å². The molecule has 2 heterocycles. The van der Waals surface area contributed by atoms with Crippen LogP contribution in [0.1, 0.15) is 40.7 Å². The molecule has 0 saturated carbocycles. The number of carbonyl (C=O) groups excluding carboxylic acids is 1. The summed E-state index contributed by atoms with van der Waals surface area (Å²) in [6, 6.07) is 6.66. The molecule has 1 aliphatic heterocycles. The molecule has 2 aromatic rings. The van der Waals surface area contributed by atoms with E-state index in [4.69, 9.17) is 4.74 Å². The first-order valence-electron chi connectivity index (χ1n) is 8.87. The minimum Gasteiger partial charge on any atom is -0.381 e. The van der Waals surface area contributed by atoms with Gasteiger partial charge in [-0.15, -0.1) is 0 Å². The number of aryl methyl sites for hydroxylation is 1. The number of benzene rings is 1. The van der Waals surface area contributed by atoms with Crippen molar-refractivity contribution in [2.45, 2.75) is 32.1 Å². The van der Waals surface area contributed by atoms with Crippen molar-refractivity contribution in [2.75, 3.05) is 31.6 Å². The molecule has 140 valence electrons. The first-order valence-corrected chi connectivity index (χ1v) is 9.69. The molecule has 5 nitrogen and oxygen atoms in total. The van der Waals surface area contributed by atoms with Crippen molar-refractivity contribution >= 4 is 22.4 Å². The molecule has 26 heavy (non-hydrogen) atoms. The van der Waals surface area contributed by atoms with Crippen molar-refractivity contribution in [1.82, 2.24) is 10.3 Å². The maximum Gasteiger partial charge on any atom is 0.263 e. The van der Waals surface area contributed by atoms with E-state index in [9.17, 15) is 9.18 Å². The van der Waals surface area contributed by atoms with Gasteiger partial charge in [0.2, 0.25) is 0 Å². The van der Waals surface area contributed by atoms with Crippen molar-refractivity contribution in [1.29, 1.82) is 0 Å². The molecule has 0 unspecified atom stereocenters. The van der Waals surface area contributed by atoms with Crippen LogP contribution >= 0.6 is 11.3 Å². The summed E-state index contributed by atoms with van der Waals surface area (Å²) in [6.07, 6.45) is 1.50. The summed E-state index contributed by atoms with van der Waals surface area (Å²) < 4.78 is 19.2. The third-order valence-electron chi connectivity index (χ3n) is 4.81. The molecule has 0 aliphatic carbocycles. The van der Waals surface area contributed by atoms with Crippen LogP contribution < -0.4 is 10.6 Å². The molecule has 0 atom stereocenters. The van der Waals surface area contributed by atoms with Gasteiger partial charge in [-0.2, -0.15) is 0 Å². The lowest BCUT2D eigenvalue weighted by molar-refractivity contribution is 0.0486. The Morgan fingerprint density at radius 1 is 1.38 bits per heavy atom. The van der Waals surface area contributed by atoms with Crippen LogP contribution in [-0.2, 0) is 10.2 Å². The van der Waals surface area contributed by atoms with Gasteiger partial charge >= 0.3 is 0 Å². The summed E-state index contributed by atoms with van der Waals surface area (Å²) in [5, 5.41) is 6.94. The summed E-state index contributed by atoms with van der Waals surface area (Å²) in [4.78, 5) is 17.7. The van der Waals surface area contributed by atoms with Gasteiger partial charge in [-0.1, -0.05) is 23.5 Å². The van der Waals surface area contributed by atoms with Crippen LogP contribution in [0.15, 0.2) is 24.3 Å². The molecule has 7 heteroatoms. The second-order valence-corrected chi connectivity index (χ2v) is 7.55. The zero-order valence-corrected chi connectivity index (χ0v) is 15.9. The first-order chi connectivity index (χ1) is 12.5. The van der Waals surface area contributed by atoms with Gasteiger partial charge in [-0.05, 0) is 44.4 Å². The number of ether oxygens (including phenoxy) is 1. The highest BCUT2D eigenvalue weighted by atomic mass is 32.1. The van der Waals surface area contributed by atoms with Gasteiger partial charge in [0.1, 0.15) is 10.7 Å². The van der Waals surface area contributed by atoms with E-state index in [-0.39, 0.29) is 17.1 Å². The lowest BCUT2D eigenvalue weighted by Gasteiger charge is -2.38. The van der Waals surface area contributed by atoms with Crippen LogP contribution in [0.5, 0.6) is 0 Å². The Balaban J connectivity index is 1.77. The number of nitrogens with one attached hydrogen (secondary N) is 2. The number of anilines is 1. The molecule has 0 spiro atoms. The van der Waals surface area contributed by atoms with Crippen molar-refractivity contribution in [3.8, 4) is 0 Å². The second-order valence-electron chi connectivity index (χ2n) is 6.55. The van der Waals surface area contributed by atoms with Crippen LogP contribution in [0, 0.1) is 12.7 Å². The van der Waals surface area contributed by atoms with Crippen molar-refractivity contribution in [3.63, 3.8) is 0 Å². The predicted molar refractivity (Wildman–Crippen MR) is 101 cm³/mol. The lowest BCUT2D eigenvalue weighted by atomic mass is 9.74. The average molecular weight is 377 g/mol. The van der Waals surface area contributed by atoms with Crippen molar-refractivity contribution < 1.29 is 13.9 Å². The molecule has 3 rings (SSSR count). The van der Waals surface area contributed by atoms with Crippen LogP contribution in [0.25, 0.3) is 0 Å². The number of rotatable bonds is 6. The van der Waals surface area contributed by atoms with Gasteiger partial charge in [0.05, 0.1) is 5.69 Å². The molecule has 1 saturated heterocycles. The molecule has 1 aliphatic rings. The Morgan fingerprint density at radius 3 is 2.85 bits per heavy atom. The number of thiazole rings is 1. The minimum absolute atomic E-state index is 0.133. The zero-order chi connectivity index (χ0) is 18.6. The number of hydrogen-bond acceptors (Lipinski definition) is 5. The fraction of sp³-hybridized carbons (Fsp3) is 0.474. The van der Waals surface area contributed by atoms with E-state index in [1.54, 1.807) is 12.1 Å². The fourth-order valence-corrected chi connectivity index (χ4v) is 4.26. The van der Waals surface area contributed by atoms with Crippen LogP contribution in [0.2, 0.25) is 0 Å². The summed E-state index contributed by atoms with van der Waals surface area (Å²) in [6.45, 7) is 6.25. The molecule has 1 fully saturated rings. The quantitative estimate of drug-likeness (QED) is 0.809. The molecule has 0 radical (unpaired) electrons. The largest absolute Gasteiger partial charge is 0.381 e. The summed E-state index contributed by atoms with van der Waals surface area (Å²) in [5.74, 6) is -0.389. The normalized spacial score (nSPS) is 16.3. The minimum atomic E-state index is -0.306. The van der Waals surface area contributed by atoms with E-state index in [0.29, 0.717) is 24.6 Å². The van der Waals surface area contributed by atoms with Gasteiger partial charge in [-0.3, -0.25) is 4.79 Å². The number of amides is 1. The maximum atomic E-state index is 13.8. The molecular weight excluding hydrogens is 353 g/mol. The van der Waals surface area contributed by atoms with Gasteiger partial charge in [-0.25, -0.2) is 9.37 Å². The Bertz CT molecular complexity index is 772. The molecule has 1 amide bonds. The number of aromatic nitrogens is 1. The van der Waals surface area contributed by atoms with Gasteiger partial charge in [0, 0.05) is 31.7 Å². The van der Waals surface area contributed by atoms with E-state index < -0.39 is 0 Å². The average Bonchev–Trinajstić information content (AvgIpc) is 3.01. The number of halogens is 1. The Labute approximate surface area is 157 Å². The summed E-state index contributed by atoms with van der Waals surface area (Å²) >= 11 is 1.36. The highest BCUT2D eigenvalue weighted by molar-refractivity contribution is 7.17. The summed E-state index contributed by atoms with van der Waals surface area (Å²) in [5.41, 5.74) is 1.32. The van der Waals surface area contributed by atoms with Gasteiger partial charge in [0.25, 0.3) is 5.91 Å². The highest BCUT2D eigenvalue weighted by Crippen LogP contribution is 2.35. The van der Waals surface area contributed by atoms with E-state index in [1.165, 1.54) is 17.4 Å². The fourth-order valence-electron chi connectivity index (χ4n) is 3.31. The zero-order valence-electron chi connectivity index (χ0n) is 15.1. The molecule has 1 aromatic heterocycles. The van der Waals surface area contributed by atoms with Crippen LogP contribution in [0.3, 0.4) is 0 Å². The topological polar surface area (TPSA) is 63.2 Å². The molecular formula is C19H24FN3O2S. The lowest BCUT2D eigenvalue weighted by Crippen LogP contribution is -2.44. The molecule has 1 aromatic carbocycles. The Hall–Kier alpha value is -1.99. The van der Waals surface area contributed by atoms with Gasteiger partial charge in [0.15, 0.2) is 5.13 Å². The standard InChI is InChI=1S/C19H24FN3O2S/c1-3-21-18-23-13(2)16(26-18)17(24)22-12-19(7-9-25-10-8-19)14-5-4-6-15(20)11-14/h4-6,11H,3,7-10,12H2,1-2H3,(H,21,23)(H,22,24). The predicted octanol–water partition coefficient (Wildman–Crippen LogP) is 3.50. The third-order valence-corrected chi connectivity index (χ3v) is 5.92. The highest BCUT2D eigenvalue weighted by Gasteiger charge is 2.35. The SMILES string of the molecule is CCNc1nc(C)c(C(=O)NCC2(c3cccc(F)c3)CCOCC2)s1. The van der Waals surface area contributed by atoms with E-state index in [1.807, 2.05) is 19.9 Å². The summed E-state index contributed by atoms with van der Waals surface area (Å²) in [7, 11) is 0. The van der Waals surface area contributed by atoms with E-state index in [2.05, 4.69) is 15.6 Å². The van der Waals surface area contributed by atoms with Crippen LogP contribution in [-0.4, -0.2) is 37.2 Å². The number of carbonyl (C=O) groups is 1. The smallest absolute Gasteiger partial charge is 0.263 e. The van der Waals surface area contributed by atoms with Crippen molar-refractivity contribution in [3.05, 3.63) is 46.2 Å². The first kappa shape index (κ1) is 18.8. The van der Waals surface area contributed by atoms with Gasteiger partial charge < -0.3 is 15.4 Å².